The summed E-state index contributed by atoms with van der Waals surface area (Å²) in [5.74, 6) is -0.409. The first-order valence-electron chi connectivity index (χ1n) is 7.35. The van der Waals surface area contributed by atoms with Crippen molar-refractivity contribution in [3.8, 4) is 0 Å². The van der Waals surface area contributed by atoms with Crippen LogP contribution in [-0.2, 0) is 4.74 Å². The molecule has 0 fully saturated rings. The third-order valence-corrected chi connectivity index (χ3v) is 3.40. The standard InChI is InChI=1S/C16H17N5O4/c1-4-11(7-6-10(3)21(23)24)13-12(16(22)25-5-2)8-20-14(13)15(17)18-9-19-20/h4,6-9H,1,5H2,2-3H3,(H2,17,18,19)/b10-6+,11-7+. The lowest BCUT2D eigenvalue weighted by Crippen LogP contribution is -2.06. The Labute approximate surface area is 143 Å². The average molecular weight is 343 g/mol. The number of esters is 1. The van der Waals surface area contributed by atoms with Crippen molar-refractivity contribution in [3.63, 3.8) is 0 Å². The number of rotatable bonds is 6. The van der Waals surface area contributed by atoms with Crippen molar-refractivity contribution in [1.29, 1.82) is 0 Å². The normalized spacial score (nSPS) is 12.2. The van der Waals surface area contributed by atoms with Gasteiger partial charge in [0.2, 0.25) is 5.70 Å². The van der Waals surface area contributed by atoms with Gasteiger partial charge in [-0.25, -0.2) is 14.3 Å². The van der Waals surface area contributed by atoms with Crippen LogP contribution in [0.25, 0.3) is 11.1 Å². The van der Waals surface area contributed by atoms with Crippen LogP contribution in [-0.4, -0.2) is 32.1 Å². The van der Waals surface area contributed by atoms with E-state index in [1.807, 2.05) is 0 Å². The van der Waals surface area contributed by atoms with Crippen molar-refractivity contribution in [2.24, 2.45) is 0 Å². The SMILES string of the molecule is C=C/C(=C\C=C(/C)[N+](=O)[O-])c1c(C(=O)OCC)cn2ncnc(N)c12. The van der Waals surface area contributed by atoms with E-state index in [4.69, 9.17) is 10.5 Å². The minimum absolute atomic E-state index is 0.0650. The van der Waals surface area contributed by atoms with Gasteiger partial charge in [-0.05, 0) is 18.6 Å². The van der Waals surface area contributed by atoms with E-state index in [1.165, 1.54) is 42.2 Å². The van der Waals surface area contributed by atoms with E-state index in [2.05, 4.69) is 16.7 Å². The summed E-state index contributed by atoms with van der Waals surface area (Å²) in [6.45, 7) is 6.96. The minimum Gasteiger partial charge on any atom is -0.462 e. The zero-order chi connectivity index (χ0) is 18.6. The largest absolute Gasteiger partial charge is 0.462 e. The number of hydrogen-bond acceptors (Lipinski definition) is 7. The van der Waals surface area contributed by atoms with Gasteiger partial charge in [-0.3, -0.25) is 10.1 Å². The molecule has 0 aliphatic carbocycles. The molecule has 0 bridgehead atoms. The number of carbonyl (C=O) groups excluding carboxylic acids is 1. The van der Waals surface area contributed by atoms with E-state index in [0.717, 1.165) is 0 Å². The van der Waals surface area contributed by atoms with E-state index < -0.39 is 10.9 Å². The second-order valence-corrected chi connectivity index (χ2v) is 4.97. The second kappa shape index (κ2) is 7.39. The van der Waals surface area contributed by atoms with Gasteiger partial charge in [-0.1, -0.05) is 12.7 Å². The van der Waals surface area contributed by atoms with E-state index in [1.54, 1.807) is 6.92 Å². The van der Waals surface area contributed by atoms with Crippen LogP contribution in [0, 0.1) is 10.1 Å². The molecule has 2 heterocycles. The van der Waals surface area contributed by atoms with E-state index in [0.29, 0.717) is 16.7 Å². The summed E-state index contributed by atoms with van der Waals surface area (Å²) in [4.78, 5) is 26.5. The van der Waals surface area contributed by atoms with E-state index >= 15 is 0 Å². The first-order chi connectivity index (χ1) is 11.9. The number of nitro groups is 1. The van der Waals surface area contributed by atoms with Gasteiger partial charge in [0.05, 0.1) is 17.1 Å². The van der Waals surface area contributed by atoms with Gasteiger partial charge in [0.15, 0.2) is 5.82 Å². The summed E-state index contributed by atoms with van der Waals surface area (Å²) in [5, 5.41) is 14.8. The summed E-state index contributed by atoms with van der Waals surface area (Å²) in [6, 6.07) is 0. The van der Waals surface area contributed by atoms with E-state index in [-0.39, 0.29) is 23.7 Å². The number of nitrogens with two attached hydrogens (primary N) is 1. The molecule has 0 saturated carbocycles. The van der Waals surface area contributed by atoms with Gasteiger partial charge in [-0.2, -0.15) is 5.10 Å². The van der Waals surface area contributed by atoms with Gasteiger partial charge in [-0.15, -0.1) is 0 Å². The van der Waals surface area contributed by atoms with Crippen molar-refractivity contribution < 1.29 is 14.5 Å². The first-order valence-corrected chi connectivity index (χ1v) is 7.35. The molecule has 2 N–H and O–H groups in total. The summed E-state index contributed by atoms with van der Waals surface area (Å²) >= 11 is 0. The number of carbonyl (C=O) groups is 1. The van der Waals surface area contributed by atoms with Crippen LogP contribution in [0.3, 0.4) is 0 Å². The molecule has 0 unspecified atom stereocenters. The Morgan fingerprint density at radius 2 is 2.24 bits per heavy atom. The lowest BCUT2D eigenvalue weighted by Gasteiger charge is -2.06. The van der Waals surface area contributed by atoms with Crippen LogP contribution in [0.15, 0.2) is 43.0 Å². The smallest absolute Gasteiger partial charge is 0.340 e. The Hall–Kier alpha value is -3.49. The number of aromatic nitrogens is 3. The fraction of sp³-hybridized carbons (Fsp3) is 0.188. The van der Waals surface area contributed by atoms with Gasteiger partial charge < -0.3 is 10.5 Å². The maximum Gasteiger partial charge on any atom is 0.340 e. The molecule has 0 amide bonds. The molecule has 2 aromatic rings. The molecule has 2 rings (SSSR count). The highest BCUT2D eigenvalue weighted by Crippen LogP contribution is 2.30. The second-order valence-electron chi connectivity index (χ2n) is 4.97. The molecule has 25 heavy (non-hydrogen) atoms. The molecule has 0 aliphatic heterocycles. The van der Waals surface area contributed by atoms with Crippen LogP contribution in [0.4, 0.5) is 5.82 Å². The zero-order valence-corrected chi connectivity index (χ0v) is 13.8. The lowest BCUT2D eigenvalue weighted by molar-refractivity contribution is -0.424. The first kappa shape index (κ1) is 17.9. The van der Waals surface area contributed by atoms with Crippen molar-refractivity contribution in [2.75, 3.05) is 12.3 Å². The maximum atomic E-state index is 12.3. The minimum atomic E-state index is -0.565. The Balaban J connectivity index is 2.76. The molecular formula is C16H17N5O4. The highest BCUT2D eigenvalue weighted by molar-refractivity contribution is 6.03. The summed E-state index contributed by atoms with van der Waals surface area (Å²) in [6.07, 6.45) is 7.00. The highest BCUT2D eigenvalue weighted by atomic mass is 16.6. The van der Waals surface area contributed by atoms with Gasteiger partial charge in [0.25, 0.3) is 0 Å². The fourth-order valence-electron chi connectivity index (χ4n) is 2.22. The van der Waals surface area contributed by atoms with Gasteiger partial charge in [0.1, 0.15) is 11.8 Å². The fourth-order valence-corrected chi connectivity index (χ4v) is 2.22. The summed E-state index contributed by atoms with van der Waals surface area (Å²) in [5.41, 5.74) is 7.33. The zero-order valence-electron chi connectivity index (χ0n) is 13.8. The topological polar surface area (TPSA) is 126 Å². The number of nitrogens with zero attached hydrogens (tertiary/aromatic N) is 4. The van der Waals surface area contributed by atoms with Crippen LogP contribution in [0.2, 0.25) is 0 Å². The number of ether oxygens (including phenoxy) is 1. The molecule has 9 heteroatoms. The third kappa shape index (κ3) is 3.55. The Morgan fingerprint density at radius 3 is 2.84 bits per heavy atom. The molecule has 0 radical (unpaired) electrons. The van der Waals surface area contributed by atoms with Crippen LogP contribution in [0.1, 0.15) is 29.8 Å². The maximum absolute atomic E-state index is 12.3. The third-order valence-electron chi connectivity index (χ3n) is 3.40. The predicted octanol–water partition coefficient (Wildman–Crippen LogP) is 2.24. The summed E-state index contributed by atoms with van der Waals surface area (Å²) in [7, 11) is 0. The number of allylic oxidation sites excluding steroid dienone is 5. The van der Waals surface area contributed by atoms with Crippen molar-refractivity contribution >= 4 is 22.9 Å². The van der Waals surface area contributed by atoms with E-state index in [9.17, 15) is 14.9 Å². The van der Waals surface area contributed by atoms with Crippen molar-refractivity contribution in [1.82, 2.24) is 14.6 Å². The molecule has 9 nitrogen and oxygen atoms in total. The molecule has 0 spiro atoms. The Morgan fingerprint density at radius 1 is 1.52 bits per heavy atom. The molecule has 0 aromatic carbocycles. The number of nitrogen functional groups attached to an aromatic ring is 1. The molecular weight excluding hydrogens is 326 g/mol. The average Bonchev–Trinajstić information content (AvgIpc) is 2.96. The van der Waals surface area contributed by atoms with Crippen molar-refractivity contribution in [2.45, 2.75) is 13.8 Å². The van der Waals surface area contributed by atoms with Crippen LogP contribution in [0.5, 0.6) is 0 Å². The molecule has 0 saturated heterocycles. The van der Waals surface area contributed by atoms with Crippen molar-refractivity contribution in [3.05, 3.63) is 64.3 Å². The molecule has 2 aromatic heterocycles. The lowest BCUT2D eigenvalue weighted by atomic mass is 10.0. The Bertz CT molecular complexity index is 911. The van der Waals surface area contributed by atoms with Gasteiger partial charge in [0, 0.05) is 24.8 Å². The monoisotopic (exact) mass is 343 g/mol. The van der Waals surface area contributed by atoms with Crippen LogP contribution >= 0.6 is 0 Å². The highest BCUT2D eigenvalue weighted by Gasteiger charge is 2.22. The predicted molar refractivity (Wildman–Crippen MR) is 92.3 cm³/mol. The number of fused-ring (bicyclic) bond motifs is 1. The van der Waals surface area contributed by atoms with Gasteiger partial charge >= 0.3 is 5.97 Å². The Kier molecular flexibility index (Phi) is 5.28. The number of hydrogen-bond donors (Lipinski definition) is 1. The quantitative estimate of drug-likeness (QED) is 0.369. The molecule has 0 aliphatic rings. The molecule has 130 valence electrons. The number of anilines is 1. The van der Waals surface area contributed by atoms with Crippen LogP contribution < -0.4 is 5.73 Å². The summed E-state index contributed by atoms with van der Waals surface area (Å²) < 4.78 is 6.48. The molecule has 0 atom stereocenters.